The molecule has 2 atom stereocenters. The summed E-state index contributed by atoms with van der Waals surface area (Å²) in [6.45, 7) is 6.85. The summed E-state index contributed by atoms with van der Waals surface area (Å²) in [5.41, 5.74) is 0. The molecule has 1 fully saturated rings. The normalized spacial score (nSPS) is 18.5. The van der Waals surface area contributed by atoms with Gasteiger partial charge in [0.1, 0.15) is 6.10 Å². The number of rotatable bonds is 17. The van der Waals surface area contributed by atoms with E-state index < -0.39 is 0 Å². The van der Waals surface area contributed by atoms with Gasteiger partial charge in [0.05, 0.1) is 59.5 Å². The van der Waals surface area contributed by atoms with Gasteiger partial charge in [0.2, 0.25) is 0 Å². The largest absolute Gasteiger partial charge is 0.394 e. The van der Waals surface area contributed by atoms with Gasteiger partial charge >= 0.3 is 0 Å². The first-order valence-electron chi connectivity index (χ1n) is 8.05. The summed E-state index contributed by atoms with van der Waals surface area (Å²) < 4.78 is 32.3. The molecular weight excluding hydrogens is 292 g/mol. The number of hydrogen-bond acceptors (Lipinski definition) is 7. The van der Waals surface area contributed by atoms with Crippen LogP contribution in [0.1, 0.15) is 19.8 Å². The van der Waals surface area contributed by atoms with Gasteiger partial charge in [-0.1, -0.05) is 13.3 Å². The lowest BCUT2D eigenvalue weighted by molar-refractivity contribution is -0.176. The molecule has 22 heavy (non-hydrogen) atoms. The van der Waals surface area contributed by atoms with Gasteiger partial charge in [0.15, 0.2) is 6.29 Å². The Hall–Kier alpha value is -0.280. The molecule has 0 aromatic heterocycles. The van der Waals surface area contributed by atoms with Crippen LogP contribution in [0.5, 0.6) is 0 Å². The lowest BCUT2D eigenvalue weighted by Crippen LogP contribution is -2.26. The molecule has 0 aliphatic carbocycles. The molecule has 1 aliphatic rings. The van der Waals surface area contributed by atoms with Crippen LogP contribution >= 0.6 is 0 Å². The van der Waals surface area contributed by atoms with E-state index in [0.717, 1.165) is 19.4 Å². The predicted octanol–water partition coefficient (Wildman–Crippen LogP) is 0.587. The first-order valence-corrected chi connectivity index (χ1v) is 8.05. The maximum Gasteiger partial charge on any atom is 0.180 e. The summed E-state index contributed by atoms with van der Waals surface area (Å²) in [4.78, 5) is 0. The maximum absolute atomic E-state index is 8.53. The summed E-state index contributed by atoms with van der Waals surface area (Å²) in [5, 5.41) is 8.53. The highest BCUT2D eigenvalue weighted by molar-refractivity contribution is 4.67. The molecule has 2 unspecified atom stereocenters. The molecular formula is C15H30O7. The van der Waals surface area contributed by atoms with Crippen LogP contribution in [0.4, 0.5) is 0 Å². The summed E-state index contributed by atoms with van der Waals surface area (Å²) in [6, 6.07) is 0. The Morgan fingerprint density at radius 2 is 1.68 bits per heavy atom. The highest BCUT2D eigenvalue weighted by atomic mass is 16.7. The average Bonchev–Trinajstić information content (AvgIpc) is 3.34. The average molecular weight is 322 g/mol. The molecule has 0 saturated carbocycles. The van der Waals surface area contributed by atoms with Crippen LogP contribution in [0.25, 0.3) is 0 Å². The van der Waals surface area contributed by atoms with Crippen molar-refractivity contribution in [1.82, 2.24) is 0 Å². The first kappa shape index (κ1) is 19.8. The Bertz CT molecular complexity index is 236. The van der Waals surface area contributed by atoms with Crippen LogP contribution in [0.2, 0.25) is 0 Å². The van der Waals surface area contributed by atoms with E-state index in [1.165, 1.54) is 0 Å². The Morgan fingerprint density at radius 3 is 2.32 bits per heavy atom. The van der Waals surface area contributed by atoms with E-state index in [9.17, 15) is 0 Å². The van der Waals surface area contributed by atoms with Crippen molar-refractivity contribution in [2.24, 2.45) is 0 Å². The van der Waals surface area contributed by atoms with Crippen LogP contribution in [0, 0.1) is 0 Å². The van der Waals surface area contributed by atoms with Crippen molar-refractivity contribution in [3.8, 4) is 0 Å². The van der Waals surface area contributed by atoms with Crippen molar-refractivity contribution in [3.63, 3.8) is 0 Å². The van der Waals surface area contributed by atoms with Crippen molar-refractivity contribution in [3.05, 3.63) is 0 Å². The minimum absolute atomic E-state index is 0.0361. The molecule has 132 valence electrons. The quantitative estimate of drug-likeness (QED) is 0.238. The fourth-order valence-corrected chi connectivity index (χ4v) is 1.57. The number of aliphatic hydroxyl groups excluding tert-OH is 1. The number of epoxide rings is 1. The summed E-state index contributed by atoms with van der Waals surface area (Å²) in [6.07, 6.45) is 1.98. The molecule has 0 spiro atoms. The second-order valence-electron chi connectivity index (χ2n) is 4.97. The van der Waals surface area contributed by atoms with Crippen molar-refractivity contribution >= 4 is 0 Å². The first-order chi connectivity index (χ1) is 10.9. The van der Waals surface area contributed by atoms with Crippen LogP contribution in [0.3, 0.4) is 0 Å². The molecule has 0 radical (unpaired) electrons. The molecule has 1 rings (SSSR count). The SMILES string of the molecule is CCCCOC(COCCOCCOCCO)OCC1CO1. The third kappa shape index (κ3) is 12.3. The van der Waals surface area contributed by atoms with Crippen LogP contribution in [-0.4, -0.2) is 83.6 Å². The lowest BCUT2D eigenvalue weighted by Gasteiger charge is -2.18. The van der Waals surface area contributed by atoms with Crippen LogP contribution < -0.4 is 0 Å². The summed E-state index contributed by atoms with van der Waals surface area (Å²) >= 11 is 0. The van der Waals surface area contributed by atoms with E-state index in [2.05, 4.69) is 6.92 Å². The van der Waals surface area contributed by atoms with Crippen LogP contribution in [0.15, 0.2) is 0 Å². The van der Waals surface area contributed by atoms with E-state index in [-0.39, 0.29) is 19.0 Å². The molecule has 0 aromatic rings. The Balaban J connectivity index is 1.93. The minimum atomic E-state index is -0.344. The lowest BCUT2D eigenvalue weighted by atomic mass is 10.4. The van der Waals surface area contributed by atoms with E-state index in [1.807, 2.05) is 0 Å². The van der Waals surface area contributed by atoms with Gasteiger partial charge in [-0.05, 0) is 6.42 Å². The zero-order valence-electron chi connectivity index (χ0n) is 13.5. The highest BCUT2D eigenvalue weighted by Crippen LogP contribution is 2.11. The monoisotopic (exact) mass is 322 g/mol. The smallest absolute Gasteiger partial charge is 0.180 e. The summed E-state index contributed by atoms with van der Waals surface area (Å²) in [7, 11) is 0. The molecule has 7 nitrogen and oxygen atoms in total. The Labute approximate surface area is 132 Å². The van der Waals surface area contributed by atoms with Crippen molar-refractivity contribution in [2.45, 2.75) is 32.2 Å². The fourth-order valence-electron chi connectivity index (χ4n) is 1.57. The molecule has 1 aliphatic heterocycles. The van der Waals surface area contributed by atoms with Gasteiger partial charge in [-0.25, -0.2) is 0 Å². The predicted molar refractivity (Wildman–Crippen MR) is 79.9 cm³/mol. The Morgan fingerprint density at radius 1 is 1.00 bits per heavy atom. The zero-order chi connectivity index (χ0) is 15.9. The number of hydrogen-bond donors (Lipinski definition) is 1. The number of ether oxygens (including phenoxy) is 6. The zero-order valence-corrected chi connectivity index (χ0v) is 13.5. The van der Waals surface area contributed by atoms with E-state index in [0.29, 0.717) is 52.9 Å². The molecule has 7 heteroatoms. The molecule has 1 heterocycles. The van der Waals surface area contributed by atoms with Crippen molar-refractivity contribution < 1.29 is 33.5 Å². The molecule has 0 amide bonds. The van der Waals surface area contributed by atoms with E-state index in [1.54, 1.807) is 0 Å². The van der Waals surface area contributed by atoms with Crippen molar-refractivity contribution in [2.75, 3.05) is 66.1 Å². The molecule has 1 saturated heterocycles. The van der Waals surface area contributed by atoms with Crippen molar-refractivity contribution in [1.29, 1.82) is 0 Å². The van der Waals surface area contributed by atoms with Crippen LogP contribution in [-0.2, 0) is 28.4 Å². The summed E-state index contributed by atoms with van der Waals surface area (Å²) in [5.74, 6) is 0. The topological polar surface area (TPSA) is 78.9 Å². The molecule has 1 N–H and O–H groups in total. The van der Waals surface area contributed by atoms with E-state index >= 15 is 0 Å². The van der Waals surface area contributed by atoms with Gasteiger partial charge in [-0.3, -0.25) is 0 Å². The molecule has 0 aromatic carbocycles. The Kier molecular flexibility index (Phi) is 12.9. The number of aliphatic hydroxyl groups is 1. The van der Waals surface area contributed by atoms with Gasteiger partial charge in [0.25, 0.3) is 0 Å². The van der Waals surface area contributed by atoms with Gasteiger partial charge < -0.3 is 33.5 Å². The third-order valence-corrected chi connectivity index (χ3v) is 2.91. The fraction of sp³-hybridized carbons (Fsp3) is 1.00. The molecule has 0 bridgehead atoms. The van der Waals surface area contributed by atoms with E-state index in [4.69, 9.17) is 33.5 Å². The maximum atomic E-state index is 8.53. The number of unbranched alkanes of at least 4 members (excludes halogenated alkanes) is 1. The van der Waals surface area contributed by atoms with Gasteiger partial charge in [-0.15, -0.1) is 0 Å². The minimum Gasteiger partial charge on any atom is -0.394 e. The standard InChI is InChI=1S/C15H30O7/c1-2-3-5-20-15(22-12-14-11-21-14)13-19-10-9-18-8-7-17-6-4-16/h14-16H,2-13H2,1H3. The van der Waals surface area contributed by atoms with Gasteiger partial charge in [0, 0.05) is 6.61 Å². The second-order valence-corrected chi connectivity index (χ2v) is 4.97. The highest BCUT2D eigenvalue weighted by Gasteiger charge is 2.24. The second kappa shape index (κ2) is 14.3. The van der Waals surface area contributed by atoms with Gasteiger partial charge in [-0.2, -0.15) is 0 Å². The third-order valence-electron chi connectivity index (χ3n) is 2.91.